The van der Waals surface area contributed by atoms with Crippen LogP contribution in [0.5, 0.6) is 0 Å². The molecule has 0 amide bonds. The number of Topliss-reactive ketones (excluding diaryl/α,β-unsaturated/α-hetero) is 1. The number of ketones is 1. The first-order valence-corrected chi connectivity index (χ1v) is 6.14. The lowest BCUT2D eigenvalue weighted by Gasteiger charge is -1.99. The van der Waals surface area contributed by atoms with E-state index in [1.54, 1.807) is 16.7 Å². The lowest BCUT2D eigenvalue weighted by Crippen LogP contribution is -1.95. The molecule has 0 aliphatic heterocycles. The molecule has 16 heavy (non-hydrogen) atoms. The van der Waals surface area contributed by atoms with Gasteiger partial charge in [0.15, 0.2) is 10.8 Å². The number of hydrogen-bond donors (Lipinski definition) is 0. The molecule has 0 aromatic carbocycles. The molecular weight excluding hydrogens is 269 g/mol. The van der Waals surface area contributed by atoms with Crippen LogP contribution in [-0.4, -0.2) is 26.1 Å². The van der Waals surface area contributed by atoms with Crippen molar-refractivity contribution in [2.75, 3.05) is 5.75 Å². The highest BCUT2D eigenvalue weighted by Gasteiger charge is 2.10. The van der Waals surface area contributed by atoms with Crippen LogP contribution in [0.15, 0.2) is 17.4 Å². The molecule has 0 saturated carbocycles. The Morgan fingerprint density at radius 2 is 2.25 bits per heavy atom. The lowest BCUT2D eigenvalue weighted by molar-refractivity contribution is -0.114. The summed E-state index contributed by atoms with van der Waals surface area (Å²) in [6, 6.07) is 1.60. The van der Waals surface area contributed by atoms with E-state index in [1.807, 2.05) is 0 Å². The number of carbonyl (C=O) groups excluding carboxylic acids is 1. The summed E-state index contributed by atoms with van der Waals surface area (Å²) in [6.45, 7) is 1.52. The number of fused-ring (bicyclic) bond motifs is 1. The maximum absolute atomic E-state index is 10.9. The van der Waals surface area contributed by atoms with Crippen molar-refractivity contribution >= 4 is 46.4 Å². The second-order valence-electron chi connectivity index (χ2n) is 3.17. The minimum atomic E-state index is 0.0786. The first-order chi connectivity index (χ1) is 7.58. The van der Waals surface area contributed by atoms with Gasteiger partial charge in [-0.25, -0.2) is 0 Å². The van der Waals surface area contributed by atoms with Crippen LogP contribution in [-0.2, 0) is 4.79 Å². The third-order valence-electron chi connectivity index (χ3n) is 1.80. The van der Waals surface area contributed by atoms with Gasteiger partial charge in [0.2, 0.25) is 0 Å². The molecule has 0 atom stereocenters. The predicted octanol–water partition coefficient (Wildman–Crippen LogP) is 2.72. The molecular formula is C9H7Cl2N3OS. The minimum Gasteiger partial charge on any atom is -0.299 e. The van der Waals surface area contributed by atoms with Gasteiger partial charge in [0.05, 0.1) is 15.8 Å². The Bertz CT molecular complexity index is 555. The first kappa shape index (κ1) is 11.7. The van der Waals surface area contributed by atoms with E-state index in [9.17, 15) is 4.79 Å². The van der Waals surface area contributed by atoms with Gasteiger partial charge in [-0.2, -0.15) is 0 Å². The molecule has 0 spiro atoms. The van der Waals surface area contributed by atoms with Crippen molar-refractivity contribution in [3.05, 3.63) is 22.3 Å². The first-order valence-electron chi connectivity index (χ1n) is 4.40. The van der Waals surface area contributed by atoms with Crippen LogP contribution in [0.1, 0.15) is 6.92 Å². The van der Waals surface area contributed by atoms with Gasteiger partial charge in [0.1, 0.15) is 5.78 Å². The van der Waals surface area contributed by atoms with Gasteiger partial charge in [-0.3, -0.25) is 9.20 Å². The van der Waals surface area contributed by atoms with Gasteiger partial charge in [0, 0.05) is 6.20 Å². The van der Waals surface area contributed by atoms with Gasteiger partial charge in [0.25, 0.3) is 0 Å². The van der Waals surface area contributed by atoms with Crippen LogP contribution >= 0.6 is 35.0 Å². The quantitative estimate of drug-likeness (QED) is 0.809. The Kier molecular flexibility index (Phi) is 3.37. The number of hydrogen-bond acceptors (Lipinski definition) is 4. The number of carbonyl (C=O) groups is 1. The highest BCUT2D eigenvalue weighted by Crippen LogP contribution is 2.25. The van der Waals surface area contributed by atoms with Crippen LogP contribution in [0, 0.1) is 0 Å². The largest absolute Gasteiger partial charge is 0.299 e. The fourth-order valence-corrected chi connectivity index (χ4v) is 2.39. The third-order valence-corrected chi connectivity index (χ3v) is 3.37. The summed E-state index contributed by atoms with van der Waals surface area (Å²) in [7, 11) is 0. The van der Waals surface area contributed by atoms with Gasteiger partial charge >= 0.3 is 0 Å². The normalized spacial score (nSPS) is 10.9. The van der Waals surface area contributed by atoms with Crippen molar-refractivity contribution in [1.29, 1.82) is 0 Å². The average molecular weight is 276 g/mol. The molecule has 0 N–H and O–H groups in total. The van der Waals surface area contributed by atoms with E-state index in [1.165, 1.54) is 18.7 Å². The second-order valence-corrected chi connectivity index (χ2v) is 4.96. The molecule has 2 aromatic rings. The summed E-state index contributed by atoms with van der Waals surface area (Å²) < 4.78 is 1.68. The van der Waals surface area contributed by atoms with E-state index >= 15 is 0 Å². The highest BCUT2D eigenvalue weighted by molar-refractivity contribution is 7.99. The van der Waals surface area contributed by atoms with Gasteiger partial charge in [-0.05, 0) is 13.0 Å². The Hall–Kier alpha value is -0.780. The minimum absolute atomic E-state index is 0.0786. The van der Waals surface area contributed by atoms with Gasteiger partial charge in [-0.1, -0.05) is 35.0 Å². The standard InChI is InChI=1S/C9H7Cl2N3OS/c1-5(15)4-16-9-13-12-8-7(11)2-6(10)3-14(8)9/h2-3H,4H2,1H3. The van der Waals surface area contributed by atoms with E-state index < -0.39 is 0 Å². The molecule has 2 rings (SSSR count). The topological polar surface area (TPSA) is 47.3 Å². The average Bonchev–Trinajstić information content (AvgIpc) is 2.58. The van der Waals surface area contributed by atoms with E-state index in [0.29, 0.717) is 26.6 Å². The molecule has 0 aliphatic rings. The molecule has 0 unspecified atom stereocenters. The summed E-state index contributed by atoms with van der Waals surface area (Å²) in [4.78, 5) is 10.9. The number of pyridine rings is 1. The zero-order chi connectivity index (χ0) is 11.7. The Morgan fingerprint density at radius 3 is 2.94 bits per heavy atom. The lowest BCUT2D eigenvalue weighted by atomic mass is 10.5. The highest BCUT2D eigenvalue weighted by atomic mass is 35.5. The number of thioether (sulfide) groups is 1. The summed E-state index contributed by atoms with van der Waals surface area (Å²) >= 11 is 13.1. The zero-order valence-electron chi connectivity index (χ0n) is 8.28. The van der Waals surface area contributed by atoms with Crippen molar-refractivity contribution in [3.63, 3.8) is 0 Å². The van der Waals surface area contributed by atoms with Crippen LogP contribution < -0.4 is 0 Å². The fraction of sp³-hybridized carbons (Fsp3) is 0.222. The molecule has 0 bridgehead atoms. The predicted molar refractivity (Wildman–Crippen MR) is 64.4 cm³/mol. The molecule has 84 valence electrons. The maximum atomic E-state index is 10.9. The monoisotopic (exact) mass is 275 g/mol. The van der Waals surface area contributed by atoms with E-state index in [0.717, 1.165) is 0 Å². The number of nitrogens with zero attached hydrogens (tertiary/aromatic N) is 3. The summed E-state index contributed by atoms with van der Waals surface area (Å²) in [6.07, 6.45) is 1.67. The van der Waals surface area contributed by atoms with Crippen LogP contribution in [0.4, 0.5) is 0 Å². The SMILES string of the molecule is CC(=O)CSc1nnc2c(Cl)cc(Cl)cn12. The Labute approximate surface area is 106 Å². The third kappa shape index (κ3) is 2.31. The fourth-order valence-electron chi connectivity index (χ4n) is 1.17. The molecule has 0 saturated heterocycles. The van der Waals surface area contributed by atoms with Crippen LogP contribution in [0.3, 0.4) is 0 Å². The van der Waals surface area contributed by atoms with Crippen LogP contribution in [0.25, 0.3) is 5.65 Å². The molecule has 0 fully saturated rings. The van der Waals surface area contributed by atoms with Crippen molar-refractivity contribution in [1.82, 2.24) is 14.6 Å². The zero-order valence-corrected chi connectivity index (χ0v) is 10.6. The smallest absolute Gasteiger partial charge is 0.196 e. The van der Waals surface area contributed by atoms with E-state index in [-0.39, 0.29) is 5.78 Å². The van der Waals surface area contributed by atoms with Crippen molar-refractivity contribution < 1.29 is 4.79 Å². The van der Waals surface area contributed by atoms with Gasteiger partial charge in [-0.15, -0.1) is 10.2 Å². The molecule has 4 nitrogen and oxygen atoms in total. The van der Waals surface area contributed by atoms with E-state index in [4.69, 9.17) is 23.2 Å². The number of rotatable bonds is 3. The summed E-state index contributed by atoms with van der Waals surface area (Å²) in [5.41, 5.74) is 0.539. The van der Waals surface area contributed by atoms with Crippen molar-refractivity contribution in [2.45, 2.75) is 12.1 Å². The van der Waals surface area contributed by atoms with E-state index in [2.05, 4.69) is 10.2 Å². The summed E-state index contributed by atoms with van der Waals surface area (Å²) in [5.74, 6) is 0.431. The van der Waals surface area contributed by atoms with Gasteiger partial charge < -0.3 is 0 Å². The number of aromatic nitrogens is 3. The molecule has 2 heterocycles. The maximum Gasteiger partial charge on any atom is 0.196 e. The Morgan fingerprint density at radius 1 is 1.50 bits per heavy atom. The Balaban J connectivity index is 2.43. The molecule has 2 aromatic heterocycles. The summed E-state index contributed by atoms with van der Waals surface area (Å²) in [5, 5.41) is 9.42. The molecule has 7 heteroatoms. The number of halogens is 2. The van der Waals surface area contributed by atoms with Crippen molar-refractivity contribution in [3.8, 4) is 0 Å². The molecule has 0 radical (unpaired) electrons. The second kappa shape index (κ2) is 4.61. The molecule has 0 aliphatic carbocycles. The van der Waals surface area contributed by atoms with Crippen molar-refractivity contribution in [2.24, 2.45) is 0 Å². The van der Waals surface area contributed by atoms with Crippen LogP contribution in [0.2, 0.25) is 10.0 Å².